The molecular formula is C21H16N4O2. The lowest BCUT2D eigenvalue weighted by Gasteiger charge is -2.27. The number of carbonyl (C=O) groups excluding carboxylic acids is 2. The monoisotopic (exact) mass is 356 g/mol. The maximum Gasteiger partial charge on any atom is 0.282 e. The van der Waals surface area contributed by atoms with E-state index in [0.717, 1.165) is 0 Å². The largest absolute Gasteiger partial charge is 0.282 e. The summed E-state index contributed by atoms with van der Waals surface area (Å²) in [6, 6.07) is 25.9. The first-order valence-electron chi connectivity index (χ1n) is 8.49. The van der Waals surface area contributed by atoms with Gasteiger partial charge in [-0.15, -0.1) is 0 Å². The number of carbonyl (C=O) groups is 2. The van der Waals surface area contributed by atoms with Gasteiger partial charge in [-0.05, 0) is 36.4 Å². The van der Waals surface area contributed by atoms with Gasteiger partial charge in [0.05, 0.1) is 17.1 Å². The minimum atomic E-state index is -1.22. The fourth-order valence-corrected chi connectivity index (χ4v) is 2.88. The first kappa shape index (κ1) is 16.7. The van der Waals surface area contributed by atoms with E-state index in [4.69, 9.17) is 0 Å². The van der Waals surface area contributed by atoms with Crippen LogP contribution in [-0.2, 0) is 9.59 Å². The minimum Gasteiger partial charge on any atom is -0.269 e. The Morgan fingerprint density at radius 2 is 1.00 bits per heavy atom. The highest BCUT2D eigenvalue weighted by Gasteiger charge is 2.47. The molecule has 1 aliphatic heterocycles. The van der Waals surface area contributed by atoms with Gasteiger partial charge >= 0.3 is 0 Å². The van der Waals surface area contributed by atoms with Crippen LogP contribution in [0.3, 0.4) is 0 Å². The number of anilines is 2. The van der Waals surface area contributed by atoms with Crippen LogP contribution >= 0.6 is 0 Å². The molecule has 1 fully saturated rings. The van der Waals surface area contributed by atoms with Crippen molar-refractivity contribution in [3.63, 3.8) is 0 Å². The molecule has 27 heavy (non-hydrogen) atoms. The summed E-state index contributed by atoms with van der Waals surface area (Å²) in [6.45, 7) is 0. The average Bonchev–Trinajstić information content (AvgIpc) is 2.98. The van der Waals surface area contributed by atoms with Gasteiger partial charge in [0.2, 0.25) is 6.04 Å². The van der Waals surface area contributed by atoms with Crippen LogP contribution < -0.4 is 10.0 Å². The zero-order valence-corrected chi connectivity index (χ0v) is 14.3. The third-order valence-electron chi connectivity index (χ3n) is 4.13. The van der Waals surface area contributed by atoms with Gasteiger partial charge in [0.15, 0.2) is 0 Å². The molecule has 1 aliphatic rings. The summed E-state index contributed by atoms with van der Waals surface area (Å²) >= 11 is 0. The molecule has 132 valence electrons. The molecule has 0 bridgehead atoms. The highest BCUT2D eigenvalue weighted by molar-refractivity contribution is 6.25. The van der Waals surface area contributed by atoms with Gasteiger partial charge in [-0.2, -0.15) is 10.2 Å². The molecular weight excluding hydrogens is 340 g/mol. The number of para-hydroxylation sites is 2. The van der Waals surface area contributed by atoms with E-state index in [2.05, 4.69) is 10.2 Å². The molecule has 0 saturated carbocycles. The van der Waals surface area contributed by atoms with Gasteiger partial charge < -0.3 is 0 Å². The van der Waals surface area contributed by atoms with Crippen LogP contribution in [0.25, 0.3) is 0 Å². The lowest BCUT2D eigenvalue weighted by atomic mass is 10.2. The zero-order valence-electron chi connectivity index (χ0n) is 14.3. The van der Waals surface area contributed by atoms with E-state index < -0.39 is 17.9 Å². The Kier molecular flexibility index (Phi) is 4.45. The molecule has 3 aromatic rings. The molecule has 1 saturated heterocycles. The van der Waals surface area contributed by atoms with E-state index in [9.17, 15) is 9.59 Å². The van der Waals surface area contributed by atoms with Gasteiger partial charge in [0, 0.05) is 0 Å². The van der Waals surface area contributed by atoms with Crippen LogP contribution in [0, 0.1) is 0 Å². The van der Waals surface area contributed by atoms with E-state index in [1.807, 2.05) is 54.6 Å². The van der Waals surface area contributed by atoms with Crippen LogP contribution in [0.15, 0.2) is 101 Å². The standard InChI is InChI=1S/C21H16N4O2/c26-20-19(23-22-16-10-4-1-5-11-16)21(27)25(18-14-8-3-9-15-18)24(20)17-12-6-2-7-13-17/h1-15,19H. The van der Waals surface area contributed by atoms with Crippen molar-refractivity contribution >= 4 is 28.9 Å². The fraction of sp³-hybridized carbons (Fsp3) is 0.0476. The predicted molar refractivity (Wildman–Crippen MR) is 103 cm³/mol. The molecule has 4 rings (SSSR count). The molecule has 0 spiro atoms. The third-order valence-corrected chi connectivity index (χ3v) is 4.13. The van der Waals surface area contributed by atoms with Gasteiger partial charge in [0.1, 0.15) is 0 Å². The first-order chi connectivity index (χ1) is 13.3. The fourth-order valence-electron chi connectivity index (χ4n) is 2.88. The van der Waals surface area contributed by atoms with E-state index >= 15 is 0 Å². The molecule has 0 unspecified atom stereocenters. The lowest BCUT2D eigenvalue weighted by Crippen LogP contribution is -2.41. The summed E-state index contributed by atoms with van der Waals surface area (Å²) in [7, 11) is 0. The predicted octanol–water partition coefficient (Wildman–Crippen LogP) is 4.13. The van der Waals surface area contributed by atoms with Crippen molar-refractivity contribution in [1.82, 2.24) is 0 Å². The second-order valence-electron chi connectivity index (χ2n) is 5.92. The van der Waals surface area contributed by atoms with E-state index in [0.29, 0.717) is 17.1 Å². The second-order valence-corrected chi connectivity index (χ2v) is 5.92. The second kappa shape index (κ2) is 7.21. The molecule has 3 aromatic carbocycles. The Bertz CT molecular complexity index is 917. The Morgan fingerprint density at radius 1 is 0.593 bits per heavy atom. The molecule has 6 nitrogen and oxygen atoms in total. The average molecular weight is 356 g/mol. The maximum absolute atomic E-state index is 13.0. The summed E-state index contributed by atoms with van der Waals surface area (Å²) in [6.07, 6.45) is 0. The van der Waals surface area contributed by atoms with E-state index in [1.165, 1.54) is 10.0 Å². The van der Waals surface area contributed by atoms with Crippen molar-refractivity contribution in [3.8, 4) is 0 Å². The van der Waals surface area contributed by atoms with Gasteiger partial charge in [0.25, 0.3) is 11.8 Å². The SMILES string of the molecule is O=C1C(N=Nc2ccccc2)C(=O)N(c2ccccc2)N1c1ccccc1. The molecule has 2 amide bonds. The molecule has 0 atom stereocenters. The minimum absolute atomic E-state index is 0.435. The van der Waals surface area contributed by atoms with E-state index in [1.54, 1.807) is 36.4 Å². The number of benzene rings is 3. The number of amides is 2. The van der Waals surface area contributed by atoms with Crippen LogP contribution in [-0.4, -0.2) is 17.9 Å². The summed E-state index contributed by atoms with van der Waals surface area (Å²) in [4.78, 5) is 26.1. The lowest BCUT2D eigenvalue weighted by molar-refractivity contribution is -0.123. The summed E-state index contributed by atoms with van der Waals surface area (Å²) in [5.41, 5.74) is 1.77. The summed E-state index contributed by atoms with van der Waals surface area (Å²) < 4.78 is 0. The summed E-state index contributed by atoms with van der Waals surface area (Å²) in [5.74, 6) is -0.871. The van der Waals surface area contributed by atoms with Gasteiger partial charge in [-0.3, -0.25) is 9.59 Å². The smallest absolute Gasteiger partial charge is 0.269 e. The highest BCUT2D eigenvalue weighted by atomic mass is 16.2. The van der Waals surface area contributed by atoms with Crippen molar-refractivity contribution in [2.24, 2.45) is 10.2 Å². The van der Waals surface area contributed by atoms with Crippen molar-refractivity contribution in [3.05, 3.63) is 91.0 Å². The van der Waals surface area contributed by atoms with Crippen molar-refractivity contribution in [2.45, 2.75) is 6.04 Å². The molecule has 6 heteroatoms. The van der Waals surface area contributed by atoms with Crippen LogP contribution in [0.1, 0.15) is 0 Å². The molecule has 0 aromatic heterocycles. The normalized spacial score (nSPS) is 15.1. The molecule has 0 aliphatic carbocycles. The molecule has 1 heterocycles. The van der Waals surface area contributed by atoms with Crippen LogP contribution in [0.2, 0.25) is 0 Å². The number of hydrogen-bond acceptors (Lipinski definition) is 4. The number of hydrogen-bond donors (Lipinski definition) is 0. The molecule has 0 radical (unpaired) electrons. The first-order valence-corrected chi connectivity index (χ1v) is 8.49. The Morgan fingerprint density at radius 3 is 1.44 bits per heavy atom. The number of azo groups is 1. The van der Waals surface area contributed by atoms with Crippen LogP contribution in [0.5, 0.6) is 0 Å². The van der Waals surface area contributed by atoms with Crippen molar-refractivity contribution < 1.29 is 9.59 Å². The topological polar surface area (TPSA) is 65.3 Å². The Labute approximate surface area is 156 Å². The maximum atomic E-state index is 13.0. The Balaban J connectivity index is 1.74. The van der Waals surface area contributed by atoms with Gasteiger partial charge in [-0.1, -0.05) is 54.6 Å². The Hall–Kier alpha value is -3.80. The quantitative estimate of drug-likeness (QED) is 0.521. The third kappa shape index (κ3) is 3.20. The van der Waals surface area contributed by atoms with Crippen LogP contribution in [0.4, 0.5) is 17.1 Å². The van der Waals surface area contributed by atoms with Crippen molar-refractivity contribution in [1.29, 1.82) is 0 Å². The number of nitrogens with zero attached hydrogens (tertiary/aromatic N) is 4. The summed E-state index contributed by atoms with van der Waals surface area (Å²) in [5, 5.41) is 10.8. The van der Waals surface area contributed by atoms with Gasteiger partial charge in [-0.25, -0.2) is 10.0 Å². The molecule has 0 N–H and O–H groups in total. The van der Waals surface area contributed by atoms with Crippen molar-refractivity contribution in [2.75, 3.05) is 10.0 Å². The highest BCUT2D eigenvalue weighted by Crippen LogP contribution is 2.30. The zero-order chi connectivity index (χ0) is 18.6. The number of hydrazine groups is 1. The number of rotatable bonds is 4. The van der Waals surface area contributed by atoms with E-state index in [-0.39, 0.29) is 0 Å².